The molecule has 0 unspecified atom stereocenters. The van der Waals surface area contributed by atoms with E-state index in [2.05, 4.69) is 5.32 Å². The van der Waals surface area contributed by atoms with Crippen LogP contribution in [0.2, 0.25) is 10.0 Å². The van der Waals surface area contributed by atoms with Gasteiger partial charge in [0.05, 0.1) is 0 Å². The predicted octanol–water partition coefficient (Wildman–Crippen LogP) is 5.12. The number of piperidine rings is 1. The molecule has 0 aliphatic carbocycles. The maximum absolute atomic E-state index is 12.7. The molecular formula is C19H18Cl2N2O2. The fraction of sp³-hybridized carbons (Fsp3) is 0.263. The van der Waals surface area contributed by atoms with Gasteiger partial charge >= 0.3 is 6.03 Å². The number of benzene rings is 2. The van der Waals surface area contributed by atoms with Crippen LogP contribution in [-0.2, 0) is 0 Å². The number of anilines is 1. The smallest absolute Gasteiger partial charge is 0.321 e. The van der Waals surface area contributed by atoms with E-state index in [-0.39, 0.29) is 17.7 Å². The molecule has 1 atom stereocenters. The van der Waals surface area contributed by atoms with Crippen molar-refractivity contribution in [3.63, 3.8) is 0 Å². The van der Waals surface area contributed by atoms with Crippen LogP contribution in [0.15, 0.2) is 48.5 Å². The van der Waals surface area contributed by atoms with Crippen molar-refractivity contribution in [3.8, 4) is 0 Å². The highest BCUT2D eigenvalue weighted by molar-refractivity contribution is 6.31. The number of ketones is 1. The molecular weight excluding hydrogens is 359 g/mol. The number of rotatable bonds is 3. The Bertz CT molecular complexity index is 794. The zero-order chi connectivity index (χ0) is 17.8. The number of Topliss-reactive ketones (excluding diaryl/α,β-unsaturated/α-hetero) is 1. The first-order chi connectivity index (χ1) is 12.0. The fourth-order valence-electron chi connectivity index (χ4n) is 3.02. The largest absolute Gasteiger partial charge is 0.324 e. The van der Waals surface area contributed by atoms with Crippen LogP contribution in [0.3, 0.4) is 0 Å². The van der Waals surface area contributed by atoms with Crippen molar-refractivity contribution >= 4 is 40.7 Å². The normalized spacial score (nSPS) is 17.2. The summed E-state index contributed by atoms with van der Waals surface area (Å²) in [4.78, 5) is 26.8. The highest BCUT2D eigenvalue weighted by Gasteiger charge is 2.29. The quantitative estimate of drug-likeness (QED) is 0.755. The molecule has 1 fully saturated rings. The summed E-state index contributed by atoms with van der Waals surface area (Å²) < 4.78 is 0. The van der Waals surface area contributed by atoms with Gasteiger partial charge in [-0.3, -0.25) is 4.79 Å². The molecule has 1 aliphatic rings. The Morgan fingerprint density at radius 2 is 1.76 bits per heavy atom. The molecule has 1 heterocycles. The van der Waals surface area contributed by atoms with Crippen molar-refractivity contribution in [2.75, 3.05) is 18.4 Å². The second-order valence-electron chi connectivity index (χ2n) is 6.10. The number of likely N-dealkylation sites (tertiary alicyclic amines) is 1. The Hall–Kier alpha value is -2.04. The summed E-state index contributed by atoms with van der Waals surface area (Å²) in [5.41, 5.74) is 1.23. The first-order valence-electron chi connectivity index (χ1n) is 8.14. The third-order valence-electron chi connectivity index (χ3n) is 4.26. The standard InChI is InChI=1S/C19H18Cl2N2O2/c20-15-6-1-4-13(10-15)18(24)14-5-3-9-23(12-14)19(25)22-17-8-2-7-16(21)11-17/h1-2,4,6-8,10-11,14H,3,5,9,12H2,(H,22,25)/t14-/m1/s1. The molecule has 4 nitrogen and oxygen atoms in total. The summed E-state index contributed by atoms with van der Waals surface area (Å²) in [5.74, 6) is -0.180. The first kappa shape index (κ1) is 17.8. The summed E-state index contributed by atoms with van der Waals surface area (Å²) in [6, 6.07) is 13.7. The molecule has 1 N–H and O–H groups in total. The van der Waals surface area contributed by atoms with Gasteiger partial charge in [-0.2, -0.15) is 0 Å². The van der Waals surface area contributed by atoms with Crippen LogP contribution in [0, 0.1) is 5.92 Å². The molecule has 0 spiro atoms. The summed E-state index contributed by atoms with van der Waals surface area (Å²) >= 11 is 11.9. The monoisotopic (exact) mass is 376 g/mol. The van der Waals surface area contributed by atoms with E-state index in [9.17, 15) is 9.59 Å². The van der Waals surface area contributed by atoms with E-state index in [4.69, 9.17) is 23.2 Å². The van der Waals surface area contributed by atoms with Gasteiger partial charge in [-0.05, 0) is 43.2 Å². The lowest BCUT2D eigenvalue weighted by molar-refractivity contribution is 0.0851. The first-order valence-corrected chi connectivity index (χ1v) is 8.90. The van der Waals surface area contributed by atoms with Crippen LogP contribution in [-0.4, -0.2) is 29.8 Å². The molecule has 0 radical (unpaired) electrons. The van der Waals surface area contributed by atoms with E-state index in [0.717, 1.165) is 12.8 Å². The Labute approximate surface area is 156 Å². The minimum absolute atomic E-state index is 0.0303. The number of nitrogens with zero attached hydrogens (tertiary/aromatic N) is 1. The number of halogens is 2. The van der Waals surface area contributed by atoms with Gasteiger partial charge in [0.1, 0.15) is 0 Å². The number of amides is 2. The molecule has 6 heteroatoms. The van der Waals surface area contributed by atoms with Crippen molar-refractivity contribution in [1.82, 2.24) is 4.90 Å². The average Bonchev–Trinajstić information content (AvgIpc) is 2.61. The average molecular weight is 377 g/mol. The summed E-state index contributed by atoms with van der Waals surface area (Å²) in [6.45, 7) is 1.03. The highest BCUT2D eigenvalue weighted by atomic mass is 35.5. The Balaban J connectivity index is 1.66. The maximum atomic E-state index is 12.7. The van der Waals surface area contributed by atoms with Crippen molar-refractivity contribution in [3.05, 3.63) is 64.1 Å². The molecule has 2 aromatic carbocycles. The molecule has 0 saturated carbocycles. The molecule has 25 heavy (non-hydrogen) atoms. The van der Waals surface area contributed by atoms with Gasteiger partial charge in [0.2, 0.25) is 0 Å². The van der Waals surface area contributed by atoms with E-state index in [0.29, 0.717) is 34.4 Å². The van der Waals surface area contributed by atoms with Crippen LogP contribution in [0.25, 0.3) is 0 Å². The van der Waals surface area contributed by atoms with Crippen LogP contribution >= 0.6 is 23.2 Å². The molecule has 0 aromatic heterocycles. The molecule has 2 amide bonds. The van der Waals surface area contributed by atoms with Crippen LogP contribution in [0.4, 0.5) is 10.5 Å². The molecule has 0 bridgehead atoms. The van der Waals surface area contributed by atoms with Crippen molar-refractivity contribution < 1.29 is 9.59 Å². The zero-order valence-corrected chi connectivity index (χ0v) is 15.1. The van der Waals surface area contributed by atoms with Crippen LogP contribution in [0.5, 0.6) is 0 Å². The second-order valence-corrected chi connectivity index (χ2v) is 6.97. The summed E-state index contributed by atoms with van der Waals surface area (Å²) in [7, 11) is 0. The van der Waals surface area contributed by atoms with E-state index >= 15 is 0 Å². The van der Waals surface area contributed by atoms with Gasteiger partial charge in [-0.15, -0.1) is 0 Å². The van der Waals surface area contributed by atoms with Gasteiger partial charge < -0.3 is 10.2 Å². The number of carbonyl (C=O) groups is 2. The highest BCUT2D eigenvalue weighted by Crippen LogP contribution is 2.23. The van der Waals surface area contributed by atoms with E-state index < -0.39 is 0 Å². The Kier molecular flexibility index (Phi) is 5.61. The fourth-order valence-corrected chi connectivity index (χ4v) is 3.40. The number of nitrogens with one attached hydrogen (secondary N) is 1. The third-order valence-corrected chi connectivity index (χ3v) is 4.73. The second kappa shape index (κ2) is 7.89. The van der Waals surface area contributed by atoms with Crippen molar-refractivity contribution in [2.45, 2.75) is 12.8 Å². The summed E-state index contributed by atoms with van der Waals surface area (Å²) in [5, 5.41) is 3.93. The lowest BCUT2D eigenvalue weighted by atomic mass is 9.90. The summed E-state index contributed by atoms with van der Waals surface area (Å²) in [6.07, 6.45) is 1.56. The Morgan fingerprint density at radius 3 is 2.48 bits per heavy atom. The van der Waals surface area contributed by atoms with Gasteiger partial charge in [-0.1, -0.05) is 41.4 Å². The van der Waals surface area contributed by atoms with Crippen LogP contribution in [0.1, 0.15) is 23.2 Å². The molecule has 1 saturated heterocycles. The SMILES string of the molecule is O=C(c1cccc(Cl)c1)[C@@H]1CCCN(C(=O)Nc2cccc(Cl)c2)C1. The van der Waals surface area contributed by atoms with E-state index in [1.807, 2.05) is 0 Å². The third kappa shape index (κ3) is 4.53. The lowest BCUT2D eigenvalue weighted by Crippen LogP contribution is -2.44. The molecule has 130 valence electrons. The lowest BCUT2D eigenvalue weighted by Gasteiger charge is -2.32. The van der Waals surface area contributed by atoms with Gasteiger partial charge in [-0.25, -0.2) is 4.79 Å². The molecule has 1 aliphatic heterocycles. The van der Waals surface area contributed by atoms with Crippen LogP contribution < -0.4 is 5.32 Å². The zero-order valence-electron chi connectivity index (χ0n) is 13.5. The molecule has 3 rings (SSSR count). The Morgan fingerprint density at radius 1 is 1.04 bits per heavy atom. The van der Waals surface area contributed by atoms with Crippen molar-refractivity contribution in [1.29, 1.82) is 0 Å². The molecule has 2 aromatic rings. The maximum Gasteiger partial charge on any atom is 0.321 e. The van der Waals surface area contributed by atoms with Gasteiger partial charge in [0.15, 0.2) is 5.78 Å². The minimum Gasteiger partial charge on any atom is -0.324 e. The van der Waals surface area contributed by atoms with Gasteiger partial charge in [0.25, 0.3) is 0 Å². The number of carbonyl (C=O) groups excluding carboxylic acids is 2. The minimum atomic E-state index is -0.217. The number of hydrogen-bond acceptors (Lipinski definition) is 2. The topological polar surface area (TPSA) is 49.4 Å². The van der Waals surface area contributed by atoms with Crippen molar-refractivity contribution in [2.24, 2.45) is 5.92 Å². The number of hydrogen-bond donors (Lipinski definition) is 1. The number of urea groups is 1. The van der Waals surface area contributed by atoms with E-state index in [1.54, 1.807) is 53.4 Å². The van der Waals surface area contributed by atoms with E-state index in [1.165, 1.54) is 0 Å². The van der Waals surface area contributed by atoms with Gasteiger partial charge in [0, 0.05) is 40.3 Å². The predicted molar refractivity (Wildman–Crippen MR) is 101 cm³/mol.